The summed E-state index contributed by atoms with van der Waals surface area (Å²) in [7, 11) is 1.51. The second-order valence-electron chi connectivity index (χ2n) is 13.6. The Morgan fingerprint density at radius 3 is 2.57 bits per heavy atom. The molecule has 1 aliphatic carbocycles. The summed E-state index contributed by atoms with van der Waals surface area (Å²) in [5, 5.41) is 12.7. The number of carbonyl (C=O) groups excluding carboxylic acids is 4. The highest BCUT2D eigenvalue weighted by Crippen LogP contribution is 2.60. The summed E-state index contributed by atoms with van der Waals surface area (Å²) in [5.41, 5.74) is -0.605. The first-order chi connectivity index (χ1) is 23.7. The number of benzene rings is 1. The van der Waals surface area contributed by atoms with Crippen molar-refractivity contribution in [2.45, 2.75) is 98.5 Å². The van der Waals surface area contributed by atoms with Gasteiger partial charge in [-0.25, -0.2) is 0 Å². The fourth-order valence-electron chi connectivity index (χ4n) is 8.39. The molecule has 4 aliphatic rings. The molecule has 4 fully saturated rings. The van der Waals surface area contributed by atoms with Crippen LogP contribution in [0, 0.1) is 11.8 Å². The van der Waals surface area contributed by atoms with Gasteiger partial charge >= 0.3 is 5.97 Å². The largest absolute Gasteiger partial charge is 0.455 e. The number of allylic oxidation sites excluding steroid dienone is 1. The molecule has 1 spiro atoms. The van der Waals surface area contributed by atoms with Crippen molar-refractivity contribution < 1.29 is 38.5 Å². The Morgan fingerprint density at radius 2 is 1.92 bits per heavy atom. The van der Waals surface area contributed by atoms with Crippen molar-refractivity contribution >= 4 is 39.6 Å². The van der Waals surface area contributed by atoms with E-state index in [9.17, 15) is 24.3 Å². The number of halogens is 1. The summed E-state index contributed by atoms with van der Waals surface area (Å²) >= 11 is 3.74. The number of hydrogen-bond donors (Lipinski definition) is 2. The van der Waals surface area contributed by atoms with E-state index in [-0.39, 0.29) is 61.2 Å². The van der Waals surface area contributed by atoms with Crippen LogP contribution < -0.4 is 5.32 Å². The molecular formula is C37H50BrN3O8. The Bertz CT molecular complexity index is 1360. The lowest BCUT2D eigenvalue weighted by molar-refractivity contribution is -0.163. The van der Waals surface area contributed by atoms with Crippen LogP contribution in [0.2, 0.25) is 0 Å². The van der Waals surface area contributed by atoms with Crippen molar-refractivity contribution in [1.29, 1.82) is 0 Å². The quantitative estimate of drug-likeness (QED) is 0.140. The molecule has 2 N–H and O–H groups in total. The molecule has 49 heavy (non-hydrogen) atoms. The number of likely N-dealkylation sites (tertiary alicyclic amines) is 1. The molecule has 3 saturated heterocycles. The van der Waals surface area contributed by atoms with Crippen LogP contribution in [0.3, 0.4) is 0 Å². The summed E-state index contributed by atoms with van der Waals surface area (Å²) in [5.74, 6) is -3.40. The van der Waals surface area contributed by atoms with Gasteiger partial charge in [-0.3, -0.25) is 19.2 Å². The highest BCUT2D eigenvalue weighted by atomic mass is 79.9. The average Bonchev–Trinajstić information content (AvgIpc) is 3.70. The second kappa shape index (κ2) is 16.8. The number of esters is 1. The molecule has 1 unspecified atom stereocenters. The summed E-state index contributed by atoms with van der Waals surface area (Å²) in [6, 6.07) is 7.45. The van der Waals surface area contributed by atoms with Crippen molar-refractivity contribution in [3.8, 4) is 0 Å². The topological polar surface area (TPSA) is 135 Å². The molecule has 1 aromatic carbocycles. The standard InChI is InChI=1S/C37H50BrN3O8/c1-4-6-18-28(43)39-27(23-47-3)31(24-14-9-7-10-15-24)48-36(46)29-30-34(44)41(20-13-21-42)33(37(30)22-26(38)32(29)49-37)35(45)40(19-5-2)25-16-11-8-12-17-25/h4-5,7,9-10,14-15,25-27,29-33,42H,1-2,6,8,11-13,16-23H2,3H3,(H,39,43)/t26?,27-,29-,30+,31-,32-,33-,37+/m1/s1. The molecule has 0 radical (unpaired) electrons. The second-order valence-corrected chi connectivity index (χ2v) is 14.7. The van der Waals surface area contributed by atoms with E-state index in [2.05, 4.69) is 34.4 Å². The number of fused-ring (bicyclic) bond motifs is 1. The van der Waals surface area contributed by atoms with Gasteiger partial charge in [-0.2, -0.15) is 0 Å². The lowest BCUT2D eigenvalue weighted by Gasteiger charge is -2.41. The molecule has 1 aromatic rings. The first kappa shape index (κ1) is 37.2. The number of aliphatic hydroxyl groups is 1. The van der Waals surface area contributed by atoms with Gasteiger partial charge < -0.3 is 34.4 Å². The third-order valence-electron chi connectivity index (χ3n) is 10.5. The third kappa shape index (κ3) is 7.52. The highest BCUT2D eigenvalue weighted by molar-refractivity contribution is 9.09. The maximum atomic E-state index is 14.7. The van der Waals surface area contributed by atoms with Gasteiger partial charge in [0.1, 0.15) is 17.7 Å². The van der Waals surface area contributed by atoms with Gasteiger partial charge in [0.25, 0.3) is 0 Å². The van der Waals surface area contributed by atoms with Crippen LogP contribution >= 0.6 is 15.9 Å². The molecule has 12 heteroatoms. The van der Waals surface area contributed by atoms with Crippen molar-refractivity contribution in [3.05, 3.63) is 61.2 Å². The fourth-order valence-corrected chi connectivity index (χ4v) is 9.34. The van der Waals surface area contributed by atoms with E-state index >= 15 is 0 Å². The number of nitrogens with one attached hydrogen (secondary N) is 1. The average molecular weight is 745 g/mol. The van der Waals surface area contributed by atoms with E-state index in [1.54, 1.807) is 12.2 Å². The third-order valence-corrected chi connectivity index (χ3v) is 11.3. The van der Waals surface area contributed by atoms with Crippen LogP contribution in [0.1, 0.15) is 69.5 Å². The number of aliphatic hydroxyl groups excluding tert-OH is 1. The predicted octanol–water partition coefficient (Wildman–Crippen LogP) is 3.85. The van der Waals surface area contributed by atoms with Crippen molar-refractivity contribution in [2.24, 2.45) is 11.8 Å². The SMILES string of the molecule is C=CCCC(=O)N[C@H](COC)[C@H](OC(=O)[C@H]1[C@@H]2O[C@@]3(CC2Br)[C@@H]1C(=O)N(CCCO)[C@@H]3C(=O)N(CC=C)C1CCCCC1)c1ccccc1. The minimum atomic E-state index is -1.26. The molecule has 2 bridgehead atoms. The van der Waals surface area contributed by atoms with Crippen molar-refractivity contribution in [1.82, 2.24) is 15.1 Å². The van der Waals surface area contributed by atoms with Gasteiger partial charge in [-0.05, 0) is 37.7 Å². The molecule has 1 saturated carbocycles. The molecule has 268 valence electrons. The monoisotopic (exact) mass is 743 g/mol. The number of carbonyl (C=O) groups is 4. The van der Waals surface area contributed by atoms with Gasteiger partial charge in [-0.1, -0.05) is 77.7 Å². The Labute approximate surface area is 297 Å². The van der Waals surface area contributed by atoms with Crippen LogP contribution in [-0.2, 0) is 33.4 Å². The van der Waals surface area contributed by atoms with Gasteiger partial charge in [0.15, 0.2) is 0 Å². The number of alkyl halides is 1. The minimum Gasteiger partial charge on any atom is -0.455 e. The number of ether oxygens (including phenoxy) is 3. The maximum absolute atomic E-state index is 14.7. The van der Waals surface area contributed by atoms with E-state index < -0.39 is 47.7 Å². The number of hydrogen-bond acceptors (Lipinski definition) is 8. The van der Waals surface area contributed by atoms with Gasteiger partial charge in [-0.15, -0.1) is 13.2 Å². The Hall–Kier alpha value is -3.06. The first-order valence-corrected chi connectivity index (χ1v) is 18.4. The number of nitrogens with zero attached hydrogens (tertiary/aromatic N) is 2. The lowest BCUT2D eigenvalue weighted by Crippen LogP contribution is -2.58. The predicted molar refractivity (Wildman–Crippen MR) is 186 cm³/mol. The Morgan fingerprint density at radius 1 is 1.18 bits per heavy atom. The molecule has 5 rings (SSSR count). The van der Waals surface area contributed by atoms with E-state index in [1.165, 1.54) is 12.0 Å². The van der Waals surface area contributed by atoms with Gasteiger partial charge in [0, 0.05) is 44.1 Å². The Kier molecular flexibility index (Phi) is 12.7. The molecule has 0 aromatic heterocycles. The van der Waals surface area contributed by atoms with E-state index in [1.807, 2.05) is 35.2 Å². The summed E-state index contributed by atoms with van der Waals surface area (Å²) in [6.07, 6.45) is 7.99. The number of amides is 3. The maximum Gasteiger partial charge on any atom is 0.313 e. The van der Waals surface area contributed by atoms with Gasteiger partial charge in [0.05, 0.1) is 30.6 Å². The zero-order valence-corrected chi connectivity index (χ0v) is 29.9. The first-order valence-electron chi connectivity index (χ1n) is 17.5. The molecule has 3 aliphatic heterocycles. The molecule has 3 heterocycles. The zero-order chi connectivity index (χ0) is 35.1. The van der Waals surface area contributed by atoms with Crippen molar-refractivity contribution in [2.75, 3.05) is 33.4 Å². The highest BCUT2D eigenvalue weighted by Gasteiger charge is 2.77. The van der Waals surface area contributed by atoms with Crippen molar-refractivity contribution in [3.63, 3.8) is 0 Å². The normalized spacial score (nSPS) is 28.8. The Balaban J connectivity index is 1.49. The molecule has 8 atom stereocenters. The van der Waals surface area contributed by atoms with E-state index in [0.717, 1.165) is 32.1 Å². The van der Waals surface area contributed by atoms with Crippen LogP contribution in [0.5, 0.6) is 0 Å². The number of methoxy groups -OCH3 is 1. The van der Waals surface area contributed by atoms with Crippen LogP contribution in [0.15, 0.2) is 55.6 Å². The van der Waals surface area contributed by atoms with Crippen LogP contribution in [-0.4, -0.2) is 107 Å². The minimum absolute atomic E-state index is 0.0228. The zero-order valence-electron chi connectivity index (χ0n) is 28.3. The smallest absolute Gasteiger partial charge is 0.313 e. The number of rotatable bonds is 17. The lowest BCUT2D eigenvalue weighted by atomic mass is 9.70. The van der Waals surface area contributed by atoms with Crippen LogP contribution in [0.4, 0.5) is 0 Å². The molecular weight excluding hydrogens is 694 g/mol. The molecule has 3 amide bonds. The summed E-state index contributed by atoms with van der Waals surface area (Å²) in [6.45, 7) is 8.00. The fraction of sp³-hybridized carbons (Fsp3) is 0.622. The van der Waals surface area contributed by atoms with E-state index in [4.69, 9.17) is 14.2 Å². The van der Waals surface area contributed by atoms with Crippen LogP contribution in [0.25, 0.3) is 0 Å². The molecule has 11 nitrogen and oxygen atoms in total. The summed E-state index contributed by atoms with van der Waals surface area (Å²) in [4.78, 5) is 59.6. The van der Waals surface area contributed by atoms with E-state index in [0.29, 0.717) is 24.9 Å². The summed E-state index contributed by atoms with van der Waals surface area (Å²) < 4.78 is 18.5. The van der Waals surface area contributed by atoms with Gasteiger partial charge in [0.2, 0.25) is 17.7 Å².